The third kappa shape index (κ3) is 2.03. The molecule has 1 aromatic carbocycles. The Labute approximate surface area is 88.9 Å². The number of carbonyl (C=O) groups is 1. The van der Waals surface area contributed by atoms with Gasteiger partial charge in [-0.05, 0) is 24.1 Å². The van der Waals surface area contributed by atoms with E-state index in [9.17, 15) is 4.79 Å². The molecule has 1 saturated heterocycles. The molecule has 1 aliphatic heterocycles. The SMILES string of the molecule is Nc1ccc(CC(=O)N2CCC2)cc1N. The van der Waals surface area contributed by atoms with Crippen molar-refractivity contribution in [3.8, 4) is 0 Å². The lowest BCUT2D eigenvalue weighted by molar-refractivity contribution is -0.133. The van der Waals surface area contributed by atoms with Crippen molar-refractivity contribution in [2.75, 3.05) is 24.6 Å². The van der Waals surface area contributed by atoms with Crippen molar-refractivity contribution in [2.45, 2.75) is 12.8 Å². The Morgan fingerprint density at radius 1 is 1.27 bits per heavy atom. The predicted octanol–water partition coefficient (Wildman–Crippen LogP) is 0.626. The van der Waals surface area contributed by atoms with Crippen LogP contribution in [0.3, 0.4) is 0 Å². The molecular formula is C11H15N3O. The number of likely N-dealkylation sites (tertiary alicyclic amines) is 1. The van der Waals surface area contributed by atoms with E-state index in [4.69, 9.17) is 11.5 Å². The summed E-state index contributed by atoms with van der Waals surface area (Å²) in [6, 6.07) is 5.37. The molecule has 4 heteroatoms. The van der Waals surface area contributed by atoms with Gasteiger partial charge in [0.15, 0.2) is 0 Å². The van der Waals surface area contributed by atoms with Crippen LogP contribution in [0.15, 0.2) is 18.2 Å². The quantitative estimate of drug-likeness (QED) is 0.695. The fourth-order valence-corrected chi connectivity index (χ4v) is 1.59. The van der Waals surface area contributed by atoms with Crippen LogP contribution >= 0.6 is 0 Å². The molecule has 1 heterocycles. The summed E-state index contributed by atoms with van der Waals surface area (Å²) < 4.78 is 0. The fourth-order valence-electron chi connectivity index (χ4n) is 1.59. The maximum absolute atomic E-state index is 11.6. The molecule has 4 nitrogen and oxygen atoms in total. The molecule has 1 amide bonds. The minimum absolute atomic E-state index is 0.172. The monoisotopic (exact) mass is 205 g/mol. The first-order chi connectivity index (χ1) is 7.16. The summed E-state index contributed by atoms with van der Waals surface area (Å²) in [7, 11) is 0. The number of hydrogen-bond acceptors (Lipinski definition) is 3. The lowest BCUT2D eigenvalue weighted by Crippen LogP contribution is -2.42. The Bertz CT molecular complexity index is 385. The van der Waals surface area contributed by atoms with Crippen LogP contribution in [0.25, 0.3) is 0 Å². The zero-order valence-corrected chi connectivity index (χ0v) is 8.57. The van der Waals surface area contributed by atoms with Gasteiger partial charge >= 0.3 is 0 Å². The van der Waals surface area contributed by atoms with E-state index in [2.05, 4.69) is 0 Å². The summed E-state index contributed by atoms with van der Waals surface area (Å²) in [5, 5.41) is 0. The number of rotatable bonds is 2. The van der Waals surface area contributed by atoms with Crippen LogP contribution in [0, 0.1) is 0 Å². The second-order valence-electron chi connectivity index (χ2n) is 3.87. The molecule has 0 aliphatic carbocycles. The van der Waals surface area contributed by atoms with Crippen LogP contribution in [0.5, 0.6) is 0 Å². The number of nitrogen functional groups attached to an aromatic ring is 2. The number of anilines is 2. The van der Waals surface area contributed by atoms with E-state index >= 15 is 0 Å². The van der Waals surface area contributed by atoms with Gasteiger partial charge in [0, 0.05) is 13.1 Å². The minimum Gasteiger partial charge on any atom is -0.397 e. The number of benzene rings is 1. The topological polar surface area (TPSA) is 72.4 Å². The second kappa shape index (κ2) is 3.81. The van der Waals surface area contributed by atoms with Gasteiger partial charge in [0.25, 0.3) is 0 Å². The number of nitrogens with two attached hydrogens (primary N) is 2. The van der Waals surface area contributed by atoms with Gasteiger partial charge in [-0.3, -0.25) is 4.79 Å². The molecule has 0 radical (unpaired) electrons. The second-order valence-corrected chi connectivity index (χ2v) is 3.87. The highest BCUT2D eigenvalue weighted by Crippen LogP contribution is 2.17. The van der Waals surface area contributed by atoms with Crippen molar-refractivity contribution >= 4 is 17.3 Å². The Hall–Kier alpha value is -1.71. The van der Waals surface area contributed by atoms with E-state index in [0.717, 1.165) is 25.1 Å². The molecule has 0 aromatic heterocycles. The Balaban J connectivity index is 2.03. The van der Waals surface area contributed by atoms with Crippen molar-refractivity contribution in [3.05, 3.63) is 23.8 Å². The van der Waals surface area contributed by atoms with Crippen molar-refractivity contribution in [1.82, 2.24) is 4.90 Å². The Kier molecular flexibility index (Phi) is 2.49. The molecule has 80 valence electrons. The third-order valence-electron chi connectivity index (χ3n) is 2.72. The molecule has 1 aromatic rings. The highest BCUT2D eigenvalue weighted by Gasteiger charge is 2.19. The van der Waals surface area contributed by atoms with E-state index in [1.807, 2.05) is 11.0 Å². The van der Waals surface area contributed by atoms with Gasteiger partial charge in [0.2, 0.25) is 5.91 Å². The lowest BCUT2D eigenvalue weighted by Gasteiger charge is -2.31. The van der Waals surface area contributed by atoms with Gasteiger partial charge in [0.1, 0.15) is 0 Å². The molecule has 0 unspecified atom stereocenters. The molecule has 1 aliphatic rings. The van der Waals surface area contributed by atoms with Gasteiger partial charge in [-0.2, -0.15) is 0 Å². The van der Waals surface area contributed by atoms with Crippen LogP contribution < -0.4 is 11.5 Å². The smallest absolute Gasteiger partial charge is 0.226 e. The molecule has 1 fully saturated rings. The van der Waals surface area contributed by atoms with E-state index in [0.29, 0.717) is 17.8 Å². The first kappa shape index (κ1) is 9.83. The van der Waals surface area contributed by atoms with Crippen LogP contribution in [-0.4, -0.2) is 23.9 Å². The van der Waals surface area contributed by atoms with E-state index in [1.54, 1.807) is 12.1 Å². The first-order valence-corrected chi connectivity index (χ1v) is 5.08. The summed E-state index contributed by atoms with van der Waals surface area (Å²) in [6.45, 7) is 1.78. The number of nitrogens with zero attached hydrogens (tertiary/aromatic N) is 1. The summed E-state index contributed by atoms with van der Waals surface area (Å²) in [4.78, 5) is 13.5. The van der Waals surface area contributed by atoms with Gasteiger partial charge in [0.05, 0.1) is 17.8 Å². The maximum atomic E-state index is 11.6. The zero-order valence-electron chi connectivity index (χ0n) is 8.57. The van der Waals surface area contributed by atoms with Crippen LogP contribution in [0.2, 0.25) is 0 Å². The predicted molar refractivity (Wildman–Crippen MR) is 60.2 cm³/mol. The molecule has 15 heavy (non-hydrogen) atoms. The molecule has 0 spiro atoms. The molecule has 2 rings (SSSR count). The molecule has 0 saturated carbocycles. The third-order valence-corrected chi connectivity index (χ3v) is 2.72. The van der Waals surface area contributed by atoms with Gasteiger partial charge in [-0.15, -0.1) is 0 Å². The first-order valence-electron chi connectivity index (χ1n) is 5.08. The Morgan fingerprint density at radius 3 is 2.53 bits per heavy atom. The van der Waals surface area contributed by atoms with Gasteiger partial charge in [-0.25, -0.2) is 0 Å². The minimum atomic E-state index is 0.172. The summed E-state index contributed by atoms with van der Waals surface area (Å²) in [6.07, 6.45) is 1.54. The zero-order chi connectivity index (χ0) is 10.8. The Morgan fingerprint density at radius 2 is 2.00 bits per heavy atom. The van der Waals surface area contributed by atoms with Crippen LogP contribution in [-0.2, 0) is 11.2 Å². The summed E-state index contributed by atoms with van der Waals surface area (Å²) >= 11 is 0. The lowest BCUT2D eigenvalue weighted by atomic mass is 10.1. The van der Waals surface area contributed by atoms with Gasteiger partial charge in [-0.1, -0.05) is 6.07 Å². The molecular weight excluding hydrogens is 190 g/mol. The normalized spacial score (nSPS) is 14.8. The molecule has 0 atom stereocenters. The maximum Gasteiger partial charge on any atom is 0.226 e. The van der Waals surface area contributed by atoms with Gasteiger partial charge < -0.3 is 16.4 Å². The highest BCUT2D eigenvalue weighted by atomic mass is 16.2. The van der Waals surface area contributed by atoms with E-state index < -0.39 is 0 Å². The number of carbonyl (C=O) groups excluding carboxylic acids is 1. The fraction of sp³-hybridized carbons (Fsp3) is 0.364. The van der Waals surface area contributed by atoms with Crippen LogP contribution in [0.1, 0.15) is 12.0 Å². The van der Waals surface area contributed by atoms with Crippen molar-refractivity contribution in [3.63, 3.8) is 0 Å². The molecule has 0 bridgehead atoms. The largest absolute Gasteiger partial charge is 0.397 e. The summed E-state index contributed by atoms with van der Waals surface area (Å²) in [5.74, 6) is 0.172. The van der Waals surface area contributed by atoms with Crippen molar-refractivity contribution < 1.29 is 4.79 Å². The number of hydrogen-bond donors (Lipinski definition) is 2. The average Bonchev–Trinajstić information content (AvgIpc) is 2.08. The highest BCUT2D eigenvalue weighted by molar-refractivity contribution is 5.80. The number of amides is 1. The van der Waals surface area contributed by atoms with E-state index in [-0.39, 0.29) is 5.91 Å². The van der Waals surface area contributed by atoms with E-state index in [1.165, 1.54) is 0 Å². The standard InChI is InChI=1S/C11H15N3O/c12-9-3-2-8(6-10(9)13)7-11(15)14-4-1-5-14/h2-3,6H,1,4-5,7,12-13H2. The molecule has 4 N–H and O–H groups in total. The van der Waals surface area contributed by atoms with Crippen LogP contribution in [0.4, 0.5) is 11.4 Å². The van der Waals surface area contributed by atoms with Crippen molar-refractivity contribution in [2.24, 2.45) is 0 Å². The average molecular weight is 205 g/mol. The summed E-state index contributed by atoms with van der Waals surface area (Å²) in [5.41, 5.74) is 13.3. The van der Waals surface area contributed by atoms with Crippen molar-refractivity contribution in [1.29, 1.82) is 0 Å².